The van der Waals surface area contributed by atoms with Crippen LogP contribution in [0, 0.1) is 0 Å². The van der Waals surface area contributed by atoms with Crippen molar-refractivity contribution in [1.29, 1.82) is 0 Å². The van der Waals surface area contributed by atoms with Gasteiger partial charge >= 0.3 is 0 Å². The molecule has 0 saturated heterocycles. The van der Waals surface area contributed by atoms with E-state index in [1.807, 2.05) is 51.1 Å². The molecule has 0 spiro atoms. The van der Waals surface area contributed by atoms with E-state index in [0.717, 1.165) is 30.5 Å². The lowest BCUT2D eigenvalue weighted by Gasteiger charge is -2.24. The molecule has 0 aliphatic heterocycles. The van der Waals surface area contributed by atoms with Crippen LogP contribution in [-0.4, -0.2) is 42.9 Å². The van der Waals surface area contributed by atoms with Crippen molar-refractivity contribution in [1.82, 2.24) is 9.80 Å². The Labute approximate surface area is 149 Å². The first kappa shape index (κ1) is 20.0. The number of halogens is 2. The first-order valence-corrected chi connectivity index (χ1v) is 8.65. The summed E-state index contributed by atoms with van der Waals surface area (Å²) in [5.74, 6) is 0.0803. The van der Waals surface area contributed by atoms with E-state index in [0.29, 0.717) is 23.1 Å². The fourth-order valence-electron chi connectivity index (χ4n) is 2.33. The van der Waals surface area contributed by atoms with Gasteiger partial charge in [0.05, 0.1) is 10.0 Å². The van der Waals surface area contributed by atoms with Crippen molar-refractivity contribution in [2.45, 2.75) is 33.2 Å². The summed E-state index contributed by atoms with van der Waals surface area (Å²) in [5, 5.41) is 1.05. The highest BCUT2D eigenvalue weighted by Gasteiger charge is 2.16. The van der Waals surface area contributed by atoms with E-state index < -0.39 is 0 Å². The molecule has 0 aromatic heterocycles. The van der Waals surface area contributed by atoms with Crippen molar-refractivity contribution in [3.8, 4) is 0 Å². The van der Waals surface area contributed by atoms with Crippen molar-refractivity contribution in [2.75, 3.05) is 27.2 Å². The standard InChI is InChI=1S/C18H26Cl2N2O/c1-5-7-14(2)18(23)22(11-6-10-21(3)4)13-15-8-9-16(19)17(20)12-15/h7-9,12H,5-6,10-11,13H2,1-4H3/b14-7-. The molecule has 0 N–H and O–H groups in total. The highest BCUT2D eigenvalue weighted by molar-refractivity contribution is 6.42. The van der Waals surface area contributed by atoms with Crippen LogP contribution in [0.15, 0.2) is 29.8 Å². The molecular formula is C18H26Cl2N2O. The van der Waals surface area contributed by atoms with Crippen LogP contribution < -0.4 is 0 Å². The minimum absolute atomic E-state index is 0.0803. The lowest BCUT2D eigenvalue weighted by Crippen LogP contribution is -2.33. The molecule has 1 aromatic carbocycles. The van der Waals surface area contributed by atoms with Crippen LogP contribution in [0.3, 0.4) is 0 Å². The number of hydrogen-bond acceptors (Lipinski definition) is 2. The van der Waals surface area contributed by atoms with Gasteiger partial charge in [-0.3, -0.25) is 4.79 Å². The predicted octanol–water partition coefficient (Wildman–Crippen LogP) is 4.63. The number of benzene rings is 1. The zero-order valence-corrected chi connectivity index (χ0v) is 15.9. The normalized spacial score (nSPS) is 11.9. The Morgan fingerprint density at radius 2 is 1.87 bits per heavy atom. The Morgan fingerprint density at radius 3 is 2.43 bits per heavy atom. The second-order valence-corrected chi connectivity index (χ2v) is 6.74. The van der Waals surface area contributed by atoms with Crippen molar-refractivity contribution in [3.05, 3.63) is 45.5 Å². The Bertz CT molecular complexity index is 556. The van der Waals surface area contributed by atoms with Gasteiger partial charge in [0.25, 0.3) is 0 Å². The summed E-state index contributed by atoms with van der Waals surface area (Å²) in [4.78, 5) is 16.7. The SMILES string of the molecule is CC/C=C(/C)C(=O)N(CCCN(C)C)Cc1ccc(Cl)c(Cl)c1. The maximum Gasteiger partial charge on any atom is 0.249 e. The number of nitrogens with zero attached hydrogens (tertiary/aromatic N) is 2. The van der Waals surface area contributed by atoms with Crippen LogP contribution in [-0.2, 0) is 11.3 Å². The summed E-state index contributed by atoms with van der Waals surface area (Å²) in [7, 11) is 4.07. The van der Waals surface area contributed by atoms with Crippen LogP contribution >= 0.6 is 23.2 Å². The van der Waals surface area contributed by atoms with Gasteiger partial charge in [0.1, 0.15) is 0 Å². The molecule has 0 unspecified atom stereocenters. The fraction of sp³-hybridized carbons (Fsp3) is 0.500. The zero-order chi connectivity index (χ0) is 17.4. The molecule has 0 aliphatic rings. The van der Waals surface area contributed by atoms with Crippen LogP contribution in [0.5, 0.6) is 0 Å². The number of hydrogen-bond donors (Lipinski definition) is 0. The van der Waals surface area contributed by atoms with Crippen molar-refractivity contribution >= 4 is 29.1 Å². The van der Waals surface area contributed by atoms with E-state index in [9.17, 15) is 4.79 Å². The van der Waals surface area contributed by atoms with Gasteiger partial charge in [-0.05, 0) is 58.1 Å². The van der Waals surface area contributed by atoms with Gasteiger partial charge in [0, 0.05) is 18.7 Å². The molecular weight excluding hydrogens is 331 g/mol. The van der Waals surface area contributed by atoms with Crippen LogP contribution in [0.25, 0.3) is 0 Å². The summed E-state index contributed by atoms with van der Waals surface area (Å²) >= 11 is 12.0. The molecule has 5 heteroatoms. The lowest BCUT2D eigenvalue weighted by molar-refractivity contribution is -0.127. The van der Waals surface area contributed by atoms with Crippen molar-refractivity contribution < 1.29 is 4.79 Å². The minimum Gasteiger partial charge on any atom is -0.335 e. The summed E-state index contributed by atoms with van der Waals surface area (Å²) < 4.78 is 0. The van der Waals surface area contributed by atoms with Gasteiger partial charge in [-0.1, -0.05) is 42.3 Å². The molecule has 1 rings (SSSR count). The van der Waals surface area contributed by atoms with E-state index in [1.54, 1.807) is 6.07 Å². The first-order chi connectivity index (χ1) is 10.8. The van der Waals surface area contributed by atoms with E-state index >= 15 is 0 Å². The topological polar surface area (TPSA) is 23.6 Å². The van der Waals surface area contributed by atoms with Gasteiger partial charge in [-0.15, -0.1) is 0 Å². The molecule has 3 nitrogen and oxygen atoms in total. The van der Waals surface area contributed by atoms with Gasteiger partial charge in [0.2, 0.25) is 5.91 Å². The van der Waals surface area contributed by atoms with E-state index in [4.69, 9.17) is 23.2 Å². The molecule has 0 bridgehead atoms. The molecule has 0 heterocycles. The summed E-state index contributed by atoms with van der Waals surface area (Å²) in [6, 6.07) is 5.52. The van der Waals surface area contributed by atoms with Crippen molar-refractivity contribution in [2.24, 2.45) is 0 Å². The molecule has 1 aromatic rings. The van der Waals surface area contributed by atoms with Crippen LogP contribution in [0.2, 0.25) is 10.0 Å². The fourth-order valence-corrected chi connectivity index (χ4v) is 2.65. The van der Waals surface area contributed by atoms with Crippen molar-refractivity contribution in [3.63, 3.8) is 0 Å². The average molecular weight is 357 g/mol. The Balaban J connectivity index is 2.86. The molecule has 128 valence electrons. The number of carbonyl (C=O) groups excluding carboxylic acids is 1. The van der Waals surface area contributed by atoms with Gasteiger partial charge in [-0.2, -0.15) is 0 Å². The third kappa shape index (κ3) is 6.94. The Kier molecular flexibility index (Phi) is 8.67. The Morgan fingerprint density at radius 1 is 1.17 bits per heavy atom. The smallest absolute Gasteiger partial charge is 0.249 e. The highest BCUT2D eigenvalue weighted by Crippen LogP contribution is 2.23. The third-order valence-electron chi connectivity index (χ3n) is 3.53. The van der Waals surface area contributed by atoms with E-state index in [1.165, 1.54) is 0 Å². The summed E-state index contributed by atoms with van der Waals surface area (Å²) in [6.07, 6.45) is 3.76. The molecule has 0 saturated carbocycles. The number of rotatable bonds is 8. The van der Waals surface area contributed by atoms with Gasteiger partial charge in [-0.25, -0.2) is 0 Å². The molecule has 0 radical (unpaired) electrons. The number of allylic oxidation sites excluding steroid dienone is 1. The molecule has 0 fully saturated rings. The lowest BCUT2D eigenvalue weighted by atomic mass is 10.1. The molecule has 0 atom stereocenters. The quantitative estimate of drug-likeness (QED) is 0.634. The minimum atomic E-state index is 0.0803. The Hall–Kier alpha value is -1.03. The highest BCUT2D eigenvalue weighted by atomic mass is 35.5. The third-order valence-corrected chi connectivity index (χ3v) is 4.26. The summed E-state index contributed by atoms with van der Waals surface area (Å²) in [6.45, 7) is 6.11. The molecule has 23 heavy (non-hydrogen) atoms. The van der Waals surface area contributed by atoms with Crippen LogP contribution in [0.1, 0.15) is 32.3 Å². The first-order valence-electron chi connectivity index (χ1n) is 7.89. The van der Waals surface area contributed by atoms with Gasteiger partial charge in [0.15, 0.2) is 0 Å². The molecule has 0 aliphatic carbocycles. The number of amides is 1. The maximum absolute atomic E-state index is 12.7. The second kappa shape index (κ2) is 9.96. The van der Waals surface area contributed by atoms with E-state index in [-0.39, 0.29) is 5.91 Å². The zero-order valence-electron chi connectivity index (χ0n) is 14.4. The molecule has 1 amide bonds. The largest absolute Gasteiger partial charge is 0.335 e. The van der Waals surface area contributed by atoms with E-state index in [2.05, 4.69) is 4.90 Å². The summed E-state index contributed by atoms with van der Waals surface area (Å²) in [5.41, 5.74) is 1.78. The van der Waals surface area contributed by atoms with Crippen LogP contribution in [0.4, 0.5) is 0 Å². The maximum atomic E-state index is 12.7. The monoisotopic (exact) mass is 356 g/mol. The second-order valence-electron chi connectivity index (χ2n) is 5.93. The predicted molar refractivity (Wildman–Crippen MR) is 99.1 cm³/mol. The van der Waals surface area contributed by atoms with Gasteiger partial charge < -0.3 is 9.80 Å². The number of carbonyl (C=O) groups is 1. The average Bonchev–Trinajstić information content (AvgIpc) is 2.49.